The van der Waals surface area contributed by atoms with E-state index in [9.17, 15) is 14.4 Å². The van der Waals surface area contributed by atoms with Gasteiger partial charge in [0.05, 0.1) is 45.6 Å². The minimum absolute atomic E-state index is 0.0964. The fraction of sp³-hybridized carbons (Fsp3) is 0.409. The van der Waals surface area contributed by atoms with E-state index in [-0.39, 0.29) is 18.7 Å². The van der Waals surface area contributed by atoms with Crippen LogP contribution >= 0.6 is 0 Å². The Hall–Kier alpha value is -3.49. The molecule has 0 saturated carbocycles. The molecular weight excluding hydrogens is 406 g/mol. The summed E-state index contributed by atoms with van der Waals surface area (Å²) >= 11 is 0. The van der Waals surface area contributed by atoms with Gasteiger partial charge in [-0.25, -0.2) is 4.79 Å². The topological polar surface area (TPSA) is 113 Å². The molecule has 0 amide bonds. The van der Waals surface area contributed by atoms with E-state index in [0.29, 0.717) is 39.6 Å². The predicted octanol–water partition coefficient (Wildman–Crippen LogP) is 2.80. The molecule has 0 fully saturated rings. The second-order valence-corrected chi connectivity index (χ2v) is 6.64. The maximum absolute atomic E-state index is 12.5. The number of carbonyl (C=O) groups is 3. The third kappa shape index (κ3) is 5.36. The van der Waals surface area contributed by atoms with Gasteiger partial charge < -0.3 is 28.7 Å². The van der Waals surface area contributed by atoms with Crippen LogP contribution in [0.2, 0.25) is 0 Å². The lowest BCUT2D eigenvalue weighted by Crippen LogP contribution is -2.17. The summed E-state index contributed by atoms with van der Waals surface area (Å²) in [6.45, 7) is 4.78. The fourth-order valence-corrected chi connectivity index (χ4v) is 3.21. The lowest BCUT2D eigenvalue weighted by molar-refractivity contribution is -0.141. The molecular formula is C22H27NO8. The quantitative estimate of drug-likeness (QED) is 0.450. The first-order chi connectivity index (χ1) is 14.8. The summed E-state index contributed by atoms with van der Waals surface area (Å²) in [4.78, 5) is 39.8. The SMILES string of the molecule is CCOC(=O)c1c(C)[nH]c(C(=O)COC(=O)Cc2cc(OC)c(OC)c(OC)c2)c1C. The minimum Gasteiger partial charge on any atom is -0.493 e. The number of hydrogen-bond donors (Lipinski definition) is 1. The zero-order chi connectivity index (χ0) is 23.1. The Bertz CT molecular complexity index is 951. The molecule has 0 aliphatic heterocycles. The van der Waals surface area contributed by atoms with Crippen molar-refractivity contribution in [3.8, 4) is 17.2 Å². The Balaban J connectivity index is 2.08. The number of hydrogen-bond acceptors (Lipinski definition) is 8. The summed E-state index contributed by atoms with van der Waals surface area (Å²) in [7, 11) is 4.43. The maximum atomic E-state index is 12.5. The molecule has 2 aromatic rings. The molecule has 0 spiro atoms. The first kappa shape index (κ1) is 23.8. The molecule has 1 aromatic heterocycles. The number of esters is 2. The fourth-order valence-electron chi connectivity index (χ4n) is 3.21. The number of ketones is 1. The highest BCUT2D eigenvalue weighted by Crippen LogP contribution is 2.38. The van der Waals surface area contributed by atoms with E-state index in [1.54, 1.807) is 32.9 Å². The predicted molar refractivity (Wildman–Crippen MR) is 111 cm³/mol. The minimum atomic E-state index is -0.603. The monoisotopic (exact) mass is 433 g/mol. The van der Waals surface area contributed by atoms with E-state index in [0.717, 1.165) is 0 Å². The number of Topliss-reactive ketones (excluding diaryl/α,β-unsaturated/α-hetero) is 1. The van der Waals surface area contributed by atoms with Crippen molar-refractivity contribution in [2.75, 3.05) is 34.5 Å². The summed E-state index contributed by atoms with van der Waals surface area (Å²) in [6.07, 6.45) is -0.0964. The van der Waals surface area contributed by atoms with Gasteiger partial charge in [-0.2, -0.15) is 0 Å². The van der Waals surface area contributed by atoms with Crippen molar-refractivity contribution in [1.29, 1.82) is 0 Å². The van der Waals surface area contributed by atoms with E-state index in [1.165, 1.54) is 21.3 Å². The smallest absolute Gasteiger partial charge is 0.340 e. The molecule has 1 N–H and O–H groups in total. The molecule has 1 aromatic carbocycles. The standard InChI is InChI=1S/C22H27NO8/c1-7-30-22(26)19-12(2)20(23-13(19)3)15(24)11-31-18(25)10-14-8-16(27-4)21(29-6)17(9-14)28-5/h8-9,23H,7,10-11H2,1-6H3. The summed E-state index contributed by atoms with van der Waals surface area (Å²) in [6, 6.07) is 3.27. The number of nitrogens with one attached hydrogen (secondary N) is 1. The van der Waals surface area contributed by atoms with Crippen LogP contribution in [0.3, 0.4) is 0 Å². The number of ether oxygens (including phenoxy) is 5. The van der Waals surface area contributed by atoms with E-state index in [1.807, 2.05) is 0 Å². The van der Waals surface area contributed by atoms with Crippen LogP contribution in [0.4, 0.5) is 0 Å². The van der Waals surface area contributed by atoms with Crippen molar-refractivity contribution in [3.05, 3.63) is 40.2 Å². The van der Waals surface area contributed by atoms with Crippen LogP contribution < -0.4 is 14.2 Å². The first-order valence-electron chi connectivity index (χ1n) is 9.61. The highest BCUT2D eigenvalue weighted by atomic mass is 16.5. The number of methoxy groups -OCH3 is 3. The Kier molecular flexibility index (Phi) is 8.07. The summed E-state index contributed by atoms with van der Waals surface area (Å²) in [5.74, 6) is -0.336. The lowest BCUT2D eigenvalue weighted by Gasteiger charge is -2.14. The van der Waals surface area contributed by atoms with E-state index < -0.39 is 24.3 Å². The van der Waals surface area contributed by atoms with Gasteiger partial charge in [-0.05, 0) is 44.0 Å². The van der Waals surface area contributed by atoms with Crippen molar-refractivity contribution < 1.29 is 38.1 Å². The second kappa shape index (κ2) is 10.5. The number of aryl methyl sites for hydroxylation is 1. The number of carbonyl (C=O) groups excluding carboxylic acids is 3. The molecule has 0 aliphatic carbocycles. The molecule has 9 nitrogen and oxygen atoms in total. The van der Waals surface area contributed by atoms with E-state index >= 15 is 0 Å². The lowest BCUT2D eigenvalue weighted by atomic mass is 10.1. The Labute approximate surface area is 180 Å². The van der Waals surface area contributed by atoms with Gasteiger partial charge in [-0.3, -0.25) is 9.59 Å². The van der Waals surface area contributed by atoms with Crippen molar-refractivity contribution in [3.63, 3.8) is 0 Å². The van der Waals surface area contributed by atoms with Crippen molar-refractivity contribution in [2.45, 2.75) is 27.2 Å². The molecule has 0 unspecified atom stereocenters. The molecule has 0 radical (unpaired) electrons. The molecule has 168 valence electrons. The average molecular weight is 433 g/mol. The van der Waals surface area contributed by atoms with Gasteiger partial charge in [0.1, 0.15) is 0 Å². The highest BCUT2D eigenvalue weighted by Gasteiger charge is 2.23. The molecule has 9 heteroatoms. The van der Waals surface area contributed by atoms with Gasteiger partial charge in [-0.15, -0.1) is 0 Å². The third-order valence-corrected chi connectivity index (χ3v) is 4.63. The molecule has 1 heterocycles. The van der Waals surface area contributed by atoms with Gasteiger partial charge in [0.2, 0.25) is 11.5 Å². The van der Waals surface area contributed by atoms with Crippen LogP contribution in [0.25, 0.3) is 0 Å². The zero-order valence-corrected chi connectivity index (χ0v) is 18.5. The third-order valence-electron chi connectivity index (χ3n) is 4.63. The van der Waals surface area contributed by atoms with Crippen molar-refractivity contribution in [2.24, 2.45) is 0 Å². The largest absolute Gasteiger partial charge is 0.493 e. The summed E-state index contributed by atoms with van der Waals surface area (Å²) in [5.41, 5.74) is 2.07. The number of benzene rings is 1. The normalized spacial score (nSPS) is 10.4. The first-order valence-corrected chi connectivity index (χ1v) is 9.61. The van der Waals surface area contributed by atoms with Crippen LogP contribution in [0, 0.1) is 13.8 Å². The molecule has 0 saturated heterocycles. The highest BCUT2D eigenvalue weighted by molar-refractivity contribution is 6.02. The maximum Gasteiger partial charge on any atom is 0.340 e. The van der Waals surface area contributed by atoms with E-state index in [4.69, 9.17) is 23.7 Å². The molecule has 31 heavy (non-hydrogen) atoms. The van der Waals surface area contributed by atoms with Gasteiger partial charge in [0.25, 0.3) is 0 Å². The Morgan fingerprint density at radius 3 is 2.06 bits per heavy atom. The molecule has 0 aliphatic rings. The Morgan fingerprint density at radius 2 is 1.55 bits per heavy atom. The number of aromatic amines is 1. The van der Waals surface area contributed by atoms with Gasteiger partial charge in [0, 0.05) is 5.69 Å². The second-order valence-electron chi connectivity index (χ2n) is 6.64. The zero-order valence-electron chi connectivity index (χ0n) is 18.5. The number of H-pyrrole nitrogens is 1. The van der Waals surface area contributed by atoms with Crippen LogP contribution in [-0.2, 0) is 20.7 Å². The number of aromatic nitrogens is 1. The summed E-state index contributed by atoms with van der Waals surface area (Å²) < 4.78 is 25.9. The van der Waals surface area contributed by atoms with Gasteiger partial charge >= 0.3 is 11.9 Å². The Morgan fingerprint density at radius 1 is 0.935 bits per heavy atom. The van der Waals surface area contributed by atoms with Crippen LogP contribution in [-0.4, -0.2) is 57.2 Å². The molecule has 2 rings (SSSR count). The average Bonchev–Trinajstić information content (AvgIpc) is 3.05. The van der Waals surface area contributed by atoms with Gasteiger partial charge in [0.15, 0.2) is 18.1 Å². The van der Waals surface area contributed by atoms with E-state index in [2.05, 4.69) is 4.98 Å². The number of rotatable bonds is 10. The molecule has 0 bridgehead atoms. The van der Waals surface area contributed by atoms with Crippen LogP contribution in [0.15, 0.2) is 12.1 Å². The summed E-state index contributed by atoms with van der Waals surface area (Å²) in [5, 5.41) is 0. The van der Waals surface area contributed by atoms with Crippen LogP contribution in [0.5, 0.6) is 17.2 Å². The van der Waals surface area contributed by atoms with Crippen LogP contribution in [0.1, 0.15) is 44.6 Å². The molecule has 0 atom stereocenters. The van der Waals surface area contributed by atoms with Crippen molar-refractivity contribution >= 4 is 17.7 Å². The van der Waals surface area contributed by atoms with Gasteiger partial charge in [-0.1, -0.05) is 0 Å². The van der Waals surface area contributed by atoms with Crippen molar-refractivity contribution in [1.82, 2.24) is 4.98 Å².